The number of nitrogens with zero attached hydrogens (tertiary/aromatic N) is 3. The van der Waals surface area contributed by atoms with Crippen molar-refractivity contribution in [3.05, 3.63) is 16.6 Å². The Labute approximate surface area is 148 Å². The highest BCUT2D eigenvalue weighted by molar-refractivity contribution is 7.09. The summed E-state index contributed by atoms with van der Waals surface area (Å²) in [5.41, 5.74) is 0. The number of aromatic nitrogens is 1. The molecular formula is C18H27N3O2S. The van der Waals surface area contributed by atoms with Crippen molar-refractivity contribution in [1.29, 1.82) is 0 Å². The Morgan fingerprint density at radius 3 is 2.92 bits per heavy atom. The first-order valence-corrected chi connectivity index (χ1v) is 10.1. The maximum atomic E-state index is 12.8. The Kier molecular flexibility index (Phi) is 4.88. The predicted octanol–water partition coefficient (Wildman–Crippen LogP) is 2.38. The van der Waals surface area contributed by atoms with Gasteiger partial charge < -0.3 is 9.64 Å². The van der Waals surface area contributed by atoms with E-state index >= 15 is 0 Å². The molecule has 1 aromatic heterocycles. The van der Waals surface area contributed by atoms with Gasteiger partial charge in [0.2, 0.25) is 0 Å². The van der Waals surface area contributed by atoms with Gasteiger partial charge in [0, 0.05) is 31.2 Å². The van der Waals surface area contributed by atoms with E-state index in [1.165, 1.54) is 5.01 Å². The molecular weight excluding hydrogens is 322 g/mol. The summed E-state index contributed by atoms with van der Waals surface area (Å²) < 4.78 is 6.21. The first kappa shape index (κ1) is 16.5. The first-order valence-electron chi connectivity index (χ1n) is 9.24. The zero-order valence-corrected chi connectivity index (χ0v) is 15.2. The van der Waals surface area contributed by atoms with Gasteiger partial charge in [-0.05, 0) is 44.1 Å². The van der Waals surface area contributed by atoms with E-state index in [-0.39, 0.29) is 18.1 Å². The van der Waals surface area contributed by atoms with Crippen molar-refractivity contribution in [2.24, 2.45) is 11.8 Å². The number of rotatable bonds is 3. The van der Waals surface area contributed by atoms with E-state index in [1.54, 1.807) is 11.3 Å². The summed E-state index contributed by atoms with van der Waals surface area (Å²) in [4.78, 5) is 21.6. The third-order valence-corrected chi connectivity index (χ3v) is 6.61. The van der Waals surface area contributed by atoms with Crippen molar-refractivity contribution in [1.82, 2.24) is 14.8 Å². The summed E-state index contributed by atoms with van der Waals surface area (Å²) in [7, 11) is 0. The van der Waals surface area contributed by atoms with Gasteiger partial charge in [-0.1, -0.05) is 6.92 Å². The molecule has 6 heteroatoms. The van der Waals surface area contributed by atoms with E-state index in [0.29, 0.717) is 5.92 Å². The molecule has 4 heterocycles. The van der Waals surface area contributed by atoms with E-state index < -0.39 is 0 Å². The molecule has 1 amide bonds. The van der Waals surface area contributed by atoms with Crippen LogP contribution in [0.3, 0.4) is 0 Å². The van der Waals surface area contributed by atoms with Crippen LogP contribution in [0.4, 0.5) is 0 Å². The molecule has 4 rings (SSSR count). The van der Waals surface area contributed by atoms with Gasteiger partial charge in [-0.15, -0.1) is 11.3 Å². The van der Waals surface area contributed by atoms with Crippen molar-refractivity contribution < 1.29 is 9.53 Å². The van der Waals surface area contributed by atoms with Crippen LogP contribution in [0.15, 0.2) is 11.6 Å². The van der Waals surface area contributed by atoms with Gasteiger partial charge in [-0.2, -0.15) is 0 Å². The van der Waals surface area contributed by atoms with E-state index in [4.69, 9.17) is 4.74 Å². The molecule has 0 bridgehead atoms. The standard InChI is InChI=1S/C18H27N3O2S/c1-13-2-7-21(8-3-13)18(22)15-10-14-4-6-20(11-16(14)23-15)12-17-19-5-9-24-17/h5,9,13-16H,2-4,6-8,10-12H2,1H3/t14-,15+,16-/m0/s1. The molecule has 1 aromatic rings. The lowest BCUT2D eigenvalue weighted by Gasteiger charge is -2.33. The quantitative estimate of drug-likeness (QED) is 0.840. The lowest BCUT2D eigenvalue weighted by molar-refractivity contribution is -0.145. The minimum absolute atomic E-state index is 0.201. The average Bonchev–Trinajstić information content (AvgIpc) is 3.24. The number of fused-ring (bicyclic) bond motifs is 1. The van der Waals surface area contributed by atoms with Crippen LogP contribution in [0.25, 0.3) is 0 Å². The van der Waals surface area contributed by atoms with Crippen LogP contribution in [0.1, 0.15) is 37.6 Å². The molecule has 3 saturated heterocycles. The Morgan fingerprint density at radius 1 is 1.33 bits per heavy atom. The van der Waals surface area contributed by atoms with Crippen LogP contribution in [0.2, 0.25) is 0 Å². The highest BCUT2D eigenvalue weighted by Crippen LogP contribution is 2.35. The molecule has 0 aliphatic carbocycles. The number of hydrogen-bond acceptors (Lipinski definition) is 5. The lowest BCUT2D eigenvalue weighted by atomic mass is 9.91. The molecule has 132 valence electrons. The normalized spacial score (nSPS) is 32.0. The Bertz CT molecular complexity index is 557. The predicted molar refractivity (Wildman–Crippen MR) is 93.8 cm³/mol. The summed E-state index contributed by atoms with van der Waals surface area (Å²) in [5.74, 6) is 1.54. The fourth-order valence-corrected chi connectivity index (χ4v) is 4.91. The number of likely N-dealkylation sites (tertiary alicyclic amines) is 2. The number of carbonyl (C=O) groups is 1. The molecule has 0 saturated carbocycles. The minimum Gasteiger partial charge on any atom is -0.364 e. The van der Waals surface area contributed by atoms with E-state index in [1.807, 2.05) is 16.5 Å². The molecule has 3 aliphatic rings. The van der Waals surface area contributed by atoms with Crippen molar-refractivity contribution >= 4 is 17.2 Å². The lowest BCUT2D eigenvalue weighted by Crippen LogP contribution is -2.44. The highest BCUT2D eigenvalue weighted by Gasteiger charge is 2.43. The minimum atomic E-state index is -0.201. The molecule has 3 atom stereocenters. The summed E-state index contributed by atoms with van der Waals surface area (Å²) in [6.07, 6.45) is 6.20. The molecule has 0 spiro atoms. The van der Waals surface area contributed by atoms with Crippen LogP contribution < -0.4 is 0 Å². The van der Waals surface area contributed by atoms with Gasteiger partial charge in [0.15, 0.2) is 0 Å². The topological polar surface area (TPSA) is 45.7 Å². The smallest absolute Gasteiger partial charge is 0.251 e. The van der Waals surface area contributed by atoms with E-state index in [9.17, 15) is 4.79 Å². The summed E-state index contributed by atoms with van der Waals surface area (Å²) in [6, 6.07) is 0. The number of thiazole rings is 1. The molecule has 3 aliphatic heterocycles. The number of ether oxygens (including phenoxy) is 1. The first-order chi connectivity index (χ1) is 11.7. The molecule has 0 aromatic carbocycles. The van der Waals surface area contributed by atoms with Gasteiger partial charge in [0.05, 0.1) is 12.6 Å². The second kappa shape index (κ2) is 7.10. The molecule has 0 unspecified atom stereocenters. The van der Waals surface area contributed by atoms with Gasteiger partial charge in [-0.25, -0.2) is 4.98 Å². The van der Waals surface area contributed by atoms with Gasteiger partial charge in [0.1, 0.15) is 11.1 Å². The maximum Gasteiger partial charge on any atom is 0.251 e. The second-order valence-electron chi connectivity index (χ2n) is 7.62. The van der Waals surface area contributed by atoms with Crippen molar-refractivity contribution in [3.8, 4) is 0 Å². The van der Waals surface area contributed by atoms with Crippen LogP contribution >= 0.6 is 11.3 Å². The van der Waals surface area contributed by atoms with Crippen molar-refractivity contribution in [2.45, 2.75) is 51.4 Å². The molecule has 0 N–H and O–H groups in total. The molecule has 0 radical (unpaired) electrons. The fraction of sp³-hybridized carbons (Fsp3) is 0.778. The highest BCUT2D eigenvalue weighted by atomic mass is 32.1. The third-order valence-electron chi connectivity index (χ3n) is 5.85. The van der Waals surface area contributed by atoms with Crippen LogP contribution in [-0.4, -0.2) is 59.1 Å². The molecule has 5 nitrogen and oxygen atoms in total. The van der Waals surface area contributed by atoms with Gasteiger partial charge in [0.25, 0.3) is 5.91 Å². The zero-order valence-electron chi connectivity index (χ0n) is 14.4. The third kappa shape index (κ3) is 3.51. The number of carbonyl (C=O) groups excluding carboxylic acids is 1. The van der Waals surface area contributed by atoms with Crippen LogP contribution in [0, 0.1) is 11.8 Å². The average molecular weight is 350 g/mol. The van der Waals surface area contributed by atoms with Crippen LogP contribution in [-0.2, 0) is 16.1 Å². The van der Waals surface area contributed by atoms with E-state index in [2.05, 4.69) is 16.8 Å². The largest absolute Gasteiger partial charge is 0.364 e. The monoisotopic (exact) mass is 349 g/mol. The fourth-order valence-electron chi connectivity index (χ4n) is 4.25. The number of piperidine rings is 2. The van der Waals surface area contributed by atoms with Gasteiger partial charge >= 0.3 is 0 Å². The number of hydrogen-bond donors (Lipinski definition) is 0. The SMILES string of the molecule is CC1CCN(C(=O)[C@H]2C[C@@H]3CCN(Cc4nccs4)C[C@@H]3O2)CC1. The summed E-state index contributed by atoms with van der Waals surface area (Å²) in [5, 5.41) is 3.20. The van der Waals surface area contributed by atoms with Crippen molar-refractivity contribution in [3.63, 3.8) is 0 Å². The van der Waals surface area contributed by atoms with Crippen LogP contribution in [0.5, 0.6) is 0 Å². The molecule has 3 fully saturated rings. The second-order valence-corrected chi connectivity index (χ2v) is 8.60. The zero-order chi connectivity index (χ0) is 16.5. The Balaban J connectivity index is 1.31. The Morgan fingerprint density at radius 2 is 2.17 bits per heavy atom. The molecule has 24 heavy (non-hydrogen) atoms. The summed E-state index contributed by atoms with van der Waals surface area (Å²) >= 11 is 1.71. The van der Waals surface area contributed by atoms with Gasteiger partial charge in [-0.3, -0.25) is 9.69 Å². The van der Waals surface area contributed by atoms with E-state index in [0.717, 1.165) is 64.3 Å². The maximum absolute atomic E-state index is 12.8. The Hall–Kier alpha value is -0.980. The van der Waals surface area contributed by atoms with Crippen molar-refractivity contribution in [2.75, 3.05) is 26.2 Å². The summed E-state index contributed by atoms with van der Waals surface area (Å²) in [6.45, 7) is 7.03. The number of amides is 1.